The van der Waals surface area contributed by atoms with Gasteiger partial charge >= 0.3 is 150 Å². The molecule has 1 fully saturated rings. The van der Waals surface area contributed by atoms with Gasteiger partial charge in [-0.25, -0.2) is 0 Å². The Labute approximate surface area is 149 Å². The molecule has 0 spiro atoms. The molecule has 1 aliphatic heterocycles. The number of hydrogen-bond donors (Lipinski definition) is 1. The van der Waals surface area contributed by atoms with Crippen LogP contribution in [-0.2, 0) is 13.5 Å². The third kappa shape index (κ3) is 2.64. The predicted molar refractivity (Wildman–Crippen MR) is 101 cm³/mol. The van der Waals surface area contributed by atoms with E-state index < -0.39 is 0 Å². The van der Waals surface area contributed by atoms with Gasteiger partial charge in [0.2, 0.25) is 0 Å². The molecule has 3 nitrogen and oxygen atoms in total. The number of para-hydroxylation sites is 1. The van der Waals surface area contributed by atoms with Gasteiger partial charge in [0, 0.05) is 0 Å². The van der Waals surface area contributed by atoms with Gasteiger partial charge < -0.3 is 0 Å². The maximum absolute atomic E-state index is 12.8. The number of halogens is 1. The van der Waals surface area contributed by atoms with E-state index in [1.54, 1.807) is 4.57 Å². The van der Waals surface area contributed by atoms with Crippen LogP contribution in [0.15, 0.2) is 33.5 Å². The van der Waals surface area contributed by atoms with E-state index in [2.05, 4.69) is 33.4 Å². The van der Waals surface area contributed by atoms with Crippen molar-refractivity contribution in [3.8, 4) is 0 Å². The van der Waals surface area contributed by atoms with Gasteiger partial charge in [0.15, 0.2) is 0 Å². The number of aromatic nitrogens is 1. The number of nitrogens with one attached hydrogen (secondary N) is 1. The molecule has 0 saturated carbocycles. The molecule has 1 N–H and O–H groups in total. The van der Waals surface area contributed by atoms with Crippen molar-refractivity contribution < 1.29 is 0 Å². The number of pyridine rings is 1. The number of benzene rings is 1. The fourth-order valence-electron chi connectivity index (χ4n) is 3.53. The molecule has 0 aliphatic carbocycles. The van der Waals surface area contributed by atoms with E-state index in [-0.39, 0.29) is 20.1 Å². The van der Waals surface area contributed by atoms with Gasteiger partial charge in [-0.1, -0.05) is 0 Å². The first-order valence-corrected chi connectivity index (χ1v) is 10.6. The van der Waals surface area contributed by atoms with Gasteiger partial charge in [0.25, 0.3) is 0 Å². The van der Waals surface area contributed by atoms with E-state index in [0.717, 1.165) is 28.3 Å². The number of rotatable bonds is 2. The van der Waals surface area contributed by atoms with E-state index in [1.165, 1.54) is 33.3 Å². The second-order valence-corrected chi connectivity index (χ2v) is 9.39. The van der Waals surface area contributed by atoms with Crippen LogP contribution in [0.3, 0.4) is 0 Å². The summed E-state index contributed by atoms with van der Waals surface area (Å²) in [5.41, 5.74) is 1.16. The van der Waals surface area contributed by atoms with E-state index in [9.17, 15) is 4.79 Å². The Balaban J connectivity index is 1.91. The fourth-order valence-corrected chi connectivity index (χ4v) is 7.49. The van der Waals surface area contributed by atoms with Crippen molar-refractivity contribution in [3.05, 3.63) is 43.5 Å². The summed E-state index contributed by atoms with van der Waals surface area (Å²) in [6, 6.07) is 8.83. The van der Waals surface area contributed by atoms with Crippen LogP contribution in [0.1, 0.15) is 23.7 Å². The van der Waals surface area contributed by atoms with Crippen molar-refractivity contribution in [2.75, 3.05) is 6.54 Å². The van der Waals surface area contributed by atoms with Crippen molar-refractivity contribution in [1.29, 1.82) is 0 Å². The van der Waals surface area contributed by atoms with Gasteiger partial charge in [-0.3, -0.25) is 0 Å². The number of hydrogen-bond acceptors (Lipinski definition) is 2. The quantitative estimate of drug-likeness (QED) is 0.624. The average Bonchev–Trinajstić information content (AvgIpc) is 2.91. The van der Waals surface area contributed by atoms with Crippen LogP contribution in [-0.4, -0.2) is 31.7 Å². The molecule has 0 bridgehead atoms. The molecular weight excluding hydrogens is 419 g/mol. The van der Waals surface area contributed by atoms with Crippen molar-refractivity contribution in [2.24, 2.45) is 7.05 Å². The van der Waals surface area contributed by atoms with Crippen LogP contribution in [0.2, 0.25) is 0 Å². The first-order chi connectivity index (χ1) is 11.2. The second kappa shape index (κ2) is 6.21. The molecule has 3 heterocycles. The summed E-state index contributed by atoms with van der Waals surface area (Å²) >= 11 is 3.99. The van der Waals surface area contributed by atoms with Gasteiger partial charge in [-0.2, -0.15) is 0 Å². The van der Waals surface area contributed by atoms with Gasteiger partial charge in [-0.15, -0.1) is 0 Å². The minimum absolute atomic E-state index is 0.124. The van der Waals surface area contributed by atoms with Gasteiger partial charge in [-0.05, 0) is 0 Å². The molecule has 23 heavy (non-hydrogen) atoms. The van der Waals surface area contributed by atoms with E-state index >= 15 is 0 Å². The molecule has 1 saturated heterocycles. The Bertz CT molecular complexity index is 937. The summed E-state index contributed by atoms with van der Waals surface area (Å²) in [5.74, 6) is 0. The molecule has 1 atom stereocenters. The third-order valence-electron chi connectivity index (χ3n) is 4.79. The molecule has 5 heteroatoms. The normalized spacial score (nSPS) is 18.8. The first-order valence-electron chi connectivity index (χ1n) is 8.09. The number of nitrogens with zero attached hydrogens (tertiary/aromatic N) is 1. The second-order valence-electron chi connectivity index (χ2n) is 6.28. The Morgan fingerprint density at radius 3 is 2.96 bits per heavy atom. The van der Waals surface area contributed by atoms with Crippen molar-refractivity contribution in [3.63, 3.8) is 0 Å². The molecule has 1 unspecified atom stereocenters. The molecule has 120 valence electrons. The van der Waals surface area contributed by atoms with Crippen molar-refractivity contribution in [2.45, 2.75) is 31.7 Å². The Hall–Kier alpha value is -0.871. The summed E-state index contributed by atoms with van der Waals surface area (Å²) in [5, 5.41) is 5.76. The maximum atomic E-state index is 12.8. The Kier molecular flexibility index (Phi) is 4.22. The van der Waals surface area contributed by atoms with Crippen molar-refractivity contribution >= 4 is 51.0 Å². The number of fused-ring (bicyclic) bond motifs is 3. The fraction of sp³-hybridized carbons (Fsp3) is 0.389. The van der Waals surface area contributed by atoms with Crippen LogP contribution in [0.4, 0.5) is 0 Å². The standard InChI is InChI=1S/C18H19BrN2OSe/c1-21-13-8-3-2-7-12(13)17-15(18(21)22)16(19)14(23-17)10-11-6-4-5-9-20-11/h2-3,7-8,11,20H,4-6,9-10H2,1H3. The molecule has 3 aromatic rings. The SMILES string of the molecule is Cn1c(=O)c2c(Br)c(CC3CCCCN3)[se]c2c2ccccc21. The topological polar surface area (TPSA) is 34.0 Å². The van der Waals surface area contributed by atoms with Crippen molar-refractivity contribution in [1.82, 2.24) is 9.88 Å². The number of piperidine rings is 1. The zero-order valence-electron chi connectivity index (χ0n) is 13.1. The van der Waals surface area contributed by atoms with Crippen LogP contribution in [0.25, 0.3) is 20.5 Å². The predicted octanol–water partition coefficient (Wildman–Crippen LogP) is 3.20. The molecule has 2 aromatic heterocycles. The van der Waals surface area contributed by atoms with E-state index in [0.29, 0.717) is 6.04 Å². The van der Waals surface area contributed by atoms with Gasteiger partial charge in [0.1, 0.15) is 0 Å². The van der Waals surface area contributed by atoms with Crippen LogP contribution < -0.4 is 10.9 Å². The van der Waals surface area contributed by atoms with Crippen LogP contribution in [0.5, 0.6) is 0 Å². The molecular formula is C18H19BrN2OSe. The summed E-state index contributed by atoms with van der Waals surface area (Å²) in [7, 11) is 1.87. The Morgan fingerprint density at radius 1 is 1.35 bits per heavy atom. The monoisotopic (exact) mass is 438 g/mol. The summed E-state index contributed by atoms with van der Waals surface area (Å²) in [4.78, 5) is 12.8. The van der Waals surface area contributed by atoms with Crippen LogP contribution in [0, 0.1) is 0 Å². The van der Waals surface area contributed by atoms with E-state index in [1.807, 2.05) is 19.2 Å². The first kappa shape index (κ1) is 15.6. The summed E-state index contributed by atoms with van der Waals surface area (Å²) in [6.07, 6.45) is 4.90. The molecule has 0 radical (unpaired) electrons. The summed E-state index contributed by atoms with van der Waals surface area (Å²) < 4.78 is 5.54. The molecule has 4 rings (SSSR count). The summed E-state index contributed by atoms with van der Waals surface area (Å²) in [6.45, 7) is 1.13. The number of aryl methyl sites for hydroxylation is 1. The van der Waals surface area contributed by atoms with E-state index in [4.69, 9.17) is 0 Å². The minimum atomic E-state index is 0.124. The third-order valence-corrected chi connectivity index (χ3v) is 8.87. The average molecular weight is 438 g/mol. The molecule has 0 amide bonds. The molecule has 1 aromatic carbocycles. The molecule has 1 aliphatic rings. The zero-order chi connectivity index (χ0) is 16.0. The zero-order valence-corrected chi connectivity index (χ0v) is 16.4. The van der Waals surface area contributed by atoms with Gasteiger partial charge in [0.05, 0.1) is 0 Å². The Morgan fingerprint density at radius 2 is 2.17 bits per heavy atom. The van der Waals surface area contributed by atoms with Crippen LogP contribution >= 0.6 is 15.9 Å².